The monoisotopic (exact) mass is 326 g/mol. The number of carbonyl (C=O) groups excluding carboxylic acids is 2. The number of benzene rings is 1. The highest BCUT2D eigenvalue weighted by Crippen LogP contribution is 2.20. The second kappa shape index (κ2) is 7.64. The molecule has 0 atom stereocenters. The lowest BCUT2D eigenvalue weighted by atomic mass is 9.96. The summed E-state index contributed by atoms with van der Waals surface area (Å²) in [5, 5.41) is 12.1. The summed E-state index contributed by atoms with van der Waals surface area (Å²) in [7, 11) is 0. The summed E-state index contributed by atoms with van der Waals surface area (Å²) < 4.78 is 0. The number of aryl methyl sites for hydroxylation is 1. The number of hydrogen-bond acceptors (Lipinski definition) is 4. The number of nitrogens with two attached hydrogens (primary N) is 1. The van der Waals surface area contributed by atoms with Gasteiger partial charge in [-0.2, -0.15) is 5.26 Å². The van der Waals surface area contributed by atoms with Crippen LogP contribution >= 0.6 is 0 Å². The van der Waals surface area contributed by atoms with Crippen LogP contribution in [0, 0.1) is 31.1 Å². The van der Waals surface area contributed by atoms with Gasteiger partial charge in [0.05, 0.1) is 0 Å². The quantitative estimate of drug-likeness (QED) is 0.651. The molecule has 0 bridgehead atoms. The Kier molecular flexibility index (Phi) is 5.59. The number of amides is 2. The largest absolute Gasteiger partial charge is 0.376 e. The first-order valence-electron chi connectivity index (χ1n) is 7.95. The molecule has 1 aromatic carbocycles. The van der Waals surface area contributed by atoms with Crippen molar-refractivity contribution in [2.75, 3.05) is 18.4 Å². The SMILES string of the molecule is Cc1cccc(NC(=O)/C(C#N)=C\N2CCC(C(N)=O)CC2)c1C. The number of hydrogen-bond donors (Lipinski definition) is 2. The van der Waals surface area contributed by atoms with E-state index in [1.807, 2.05) is 43.0 Å². The number of carbonyl (C=O) groups is 2. The molecule has 0 saturated carbocycles. The van der Waals surface area contributed by atoms with Crippen LogP contribution in [0.15, 0.2) is 30.0 Å². The van der Waals surface area contributed by atoms with Gasteiger partial charge >= 0.3 is 0 Å². The van der Waals surface area contributed by atoms with Crippen LogP contribution in [-0.4, -0.2) is 29.8 Å². The molecule has 6 nitrogen and oxygen atoms in total. The molecule has 126 valence electrons. The van der Waals surface area contributed by atoms with E-state index in [4.69, 9.17) is 5.73 Å². The Balaban J connectivity index is 2.05. The van der Waals surface area contributed by atoms with Crippen LogP contribution in [0.3, 0.4) is 0 Å². The minimum absolute atomic E-state index is 0.0495. The topological polar surface area (TPSA) is 99.2 Å². The summed E-state index contributed by atoms with van der Waals surface area (Å²) in [5.74, 6) is -0.834. The minimum Gasteiger partial charge on any atom is -0.376 e. The Bertz CT molecular complexity index is 710. The first-order chi connectivity index (χ1) is 11.4. The third kappa shape index (κ3) is 4.13. The molecule has 0 aliphatic carbocycles. The van der Waals surface area contributed by atoms with Crippen LogP contribution < -0.4 is 11.1 Å². The van der Waals surface area contributed by atoms with Crippen LogP contribution in [0.2, 0.25) is 0 Å². The van der Waals surface area contributed by atoms with Crippen LogP contribution in [0.25, 0.3) is 0 Å². The zero-order chi connectivity index (χ0) is 17.7. The van der Waals surface area contributed by atoms with E-state index in [-0.39, 0.29) is 17.4 Å². The van der Waals surface area contributed by atoms with Gasteiger partial charge in [0.2, 0.25) is 5.91 Å². The fourth-order valence-corrected chi connectivity index (χ4v) is 2.71. The second-order valence-electron chi connectivity index (χ2n) is 6.07. The van der Waals surface area contributed by atoms with E-state index in [0.717, 1.165) is 11.1 Å². The number of primary amides is 1. The van der Waals surface area contributed by atoms with Crippen molar-refractivity contribution >= 4 is 17.5 Å². The number of nitrogens with one attached hydrogen (secondary N) is 1. The van der Waals surface area contributed by atoms with Crippen molar-refractivity contribution in [2.24, 2.45) is 11.7 Å². The fraction of sp³-hybridized carbons (Fsp3) is 0.389. The Hall–Kier alpha value is -2.81. The van der Waals surface area contributed by atoms with Crippen LogP contribution in [0.4, 0.5) is 5.69 Å². The molecule has 2 rings (SSSR count). The smallest absolute Gasteiger partial charge is 0.267 e. The molecule has 6 heteroatoms. The maximum absolute atomic E-state index is 12.4. The molecule has 0 unspecified atom stereocenters. The van der Waals surface area contributed by atoms with E-state index in [0.29, 0.717) is 31.6 Å². The number of nitrogens with zero attached hydrogens (tertiary/aromatic N) is 2. The highest BCUT2D eigenvalue weighted by molar-refractivity contribution is 6.06. The Morgan fingerprint density at radius 2 is 2.00 bits per heavy atom. The molecule has 1 fully saturated rings. The van der Waals surface area contributed by atoms with Crippen molar-refractivity contribution in [1.82, 2.24) is 4.90 Å². The molecule has 2 amide bonds. The molecule has 3 N–H and O–H groups in total. The van der Waals surface area contributed by atoms with Crippen LogP contribution in [-0.2, 0) is 9.59 Å². The summed E-state index contributed by atoms with van der Waals surface area (Å²) in [5.41, 5.74) is 8.11. The first kappa shape index (κ1) is 17.5. The van der Waals surface area contributed by atoms with Gasteiger partial charge in [0.25, 0.3) is 5.91 Å². The third-order valence-electron chi connectivity index (χ3n) is 4.46. The van der Waals surface area contributed by atoms with Gasteiger partial charge in [-0.1, -0.05) is 12.1 Å². The molecular formula is C18H22N4O2. The van der Waals surface area contributed by atoms with Crippen molar-refractivity contribution in [1.29, 1.82) is 5.26 Å². The normalized spacial score (nSPS) is 15.7. The van der Waals surface area contributed by atoms with Crippen LogP contribution in [0.5, 0.6) is 0 Å². The summed E-state index contributed by atoms with van der Waals surface area (Å²) in [6.07, 6.45) is 2.85. The van der Waals surface area contributed by atoms with E-state index in [1.165, 1.54) is 0 Å². The molecule has 1 heterocycles. The van der Waals surface area contributed by atoms with E-state index in [1.54, 1.807) is 6.20 Å². The summed E-state index contributed by atoms with van der Waals surface area (Å²) in [4.78, 5) is 25.4. The summed E-state index contributed by atoms with van der Waals surface area (Å²) in [6, 6.07) is 7.60. The molecule has 1 aromatic rings. The maximum Gasteiger partial charge on any atom is 0.267 e. The molecule has 24 heavy (non-hydrogen) atoms. The maximum atomic E-state index is 12.4. The highest BCUT2D eigenvalue weighted by atomic mass is 16.2. The van der Waals surface area contributed by atoms with E-state index >= 15 is 0 Å². The Labute approximate surface area is 141 Å². The van der Waals surface area contributed by atoms with E-state index in [9.17, 15) is 14.9 Å². The van der Waals surface area contributed by atoms with Gasteiger partial charge in [0.1, 0.15) is 11.6 Å². The molecule has 0 spiro atoms. The van der Waals surface area contributed by atoms with Crippen molar-refractivity contribution in [3.8, 4) is 6.07 Å². The van der Waals surface area contributed by atoms with Gasteiger partial charge in [0.15, 0.2) is 0 Å². The Morgan fingerprint density at radius 3 is 2.58 bits per heavy atom. The third-order valence-corrected chi connectivity index (χ3v) is 4.46. The van der Waals surface area contributed by atoms with Gasteiger partial charge < -0.3 is 16.0 Å². The standard InChI is InChI=1S/C18H22N4O2/c1-12-4-3-5-16(13(12)2)21-18(24)15(10-19)11-22-8-6-14(7-9-22)17(20)23/h3-5,11,14H,6-9H2,1-2H3,(H2,20,23)(H,21,24)/b15-11-. The number of nitriles is 1. The van der Waals surface area contributed by atoms with Crippen LogP contribution in [0.1, 0.15) is 24.0 Å². The Morgan fingerprint density at radius 1 is 1.33 bits per heavy atom. The zero-order valence-corrected chi connectivity index (χ0v) is 14.0. The molecule has 0 radical (unpaired) electrons. The molecule has 1 aliphatic rings. The van der Waals surface area contributed by atoms with E-state index in [2.05, 4.69) is 5.32 Å². The fourth-order valence-electron chi connectivity index (χ4n) is 2.71. The highest BCUT2D eigenvalue weighted by Gasteiger charge is 2.22. The van der Waals surface area contributed by atoms with E-state index < -0.39 is 5.91 Å². The molecule has 1 aliphatic heterocycles. The van der Waals surface area contributed by atoms with Gasteiger partial charge in [-0.25, -0.2) is 0 Å². The van der Waals surface area contributed by atoms with Crippen molar-refractivity contribution < 1.29 is 9.59 Å². The predicted octanol–water partition coefficient (Wildman–Crippen LogP) is 1.85. The first-order valence-corrected chi connectivity index (χ1v) is 7.95. The lowest BCUT2D eigenvalue weighted by Gasteiger charge is -2.29. The lowest BCUT2D eigenvalue weighted by molar-refractivity contribution is -0.123. The predicted molar refractivity (Wildman–Crippen MR) is 91.7 cm³/mol. The summed E-state index contributed by atoms with van der Waals surface area (Å²) >= 11 is 0. The van der Waals surface area contributed by atoms with Gasteiger partial charge in [-0.05, 0) is 43.9 Å². The lowest BCUT2D eigenvalue weighted by Crippen LogP contribution is -2.36. The summed E-state index contributed by atoms with van der Waals surface area (Å²) in [6.45, 7) is 5.11. The second-order valence-corrected chi connectivity index (χ2v) is 6.07. The average Bonchev–Trinajstić information content (AvgIpc) is 2.57. The number of rotatable bonds is 4. The number of anilines is 1. The van der Waals surface area contributed by atoms with Gasteiger partial charge in [-0.3, -0.25) is 9.59 Å². The average molecular weight is 326 g/mol. The number of likely N-dealkylation sites (tertiary alicyclic amines) is 1. The zero-order valence-electron chi connectivity index (χ0n) is 14.0. The van der Waals surface area contributed by atoms with Gasteiger partial charge in [-0.15, -0.1) is 0 Å². The van der Waals surface area contributed by atoms with Crippen molar-refractivity contribution in [2.45, 2.75) is 26.7 Å². The van der Waals surface area contributed by atoms with Gasteiger partial charge in [0, 0.05) is 30.9 Å². The molecule has 0 aromatic heterocycles. The van der Waals surface area contributed by atoms with Crippen molar-refractivity contribution in [3.63, 3.8) is 0 Å². The minimum atomic E-state index is -0.428. The molecule has 1 saturated heterocycles. The number of piperidine rings is 1. The van der Waals surface area contributed by atoms with Crippen molar-refractivity contribution in [3.05, 3.63) is 41.1 Å². The molecular weight excluding hydrogens is 304 g/mol.